The van der Waals surface area contributed by atoms with E-state index in [0.717, 1.165) is 11.8 Å². The zero-order valence-electron chi connectivity index (χ0n) is 5.56. The molecular formula is C6H8F2OS. The SMILES string of the molecule is CSC(=O)C1CC(F)(F)C1. The van der Waals surface area contributed by atoms with Crippen molar-refractivity contribution in [3.63, 3.8) is 0 Å². The number of alkyl halides is 2. The molecule has 0 aromatic heterocycles. The highest BCUT2D eigenvalue weighted by atomic mass is 32.2. The van der Waals surface area contributed by atoms with Gasteiger partial charge in [0, 0.05) is 18.8 Å². The maximum Gasteiger partial charge on any atom is 0.249 e. The van der Waals surface area contributed by atoms with Crippen LogP contribution in [0.15, 0.2) is 0 Å². The van der Waals surface area contributed by atoms with Gasteiger partial charge in [0.1, 0.15) is 0 Å². The van der Waals surface area contributed by atoms with Gasteiger partial charge in [-0.25, -0.2) is 8.78 Å². The van der Waals surface area contributed by atoms with Crippen LogP contribution in [0.3, 0.4) is 0 Å². The number of hydrogen-bond donors (Lipinski definition) is 0. The third-order valence-electron chi connectivity index (χ3n) is 1.62. The number of thioether (sulfide) groups is 1. The predicted octanol–water partition coefficient (Wildman–Crippen LogP) is 1.92. The van der Waals surface area contributed by atoms with E-state index in [0.29, 0.717) is 0 Å². The van der Waals surface area contributed by atoms with Gasteiger partial charge in [0.25, 0.3) is 0 Å². The molecule has 0 unspecified atom stereocenters. The van der Waals surface area contributed by atoms with Crippen LogP contribution in [0.25, 0.3) is 0 Å². The molecule has 10 heavy (non-hydrogen) atoms. The van der Waals surface area contributed by atoms with Gasteiger partial charge in [0.2, 0.25) is 5.92 Å². The Hall–Kier alpha value is -0.120. The van der Waals surface area contributed by atoms with Crippen molar-refractivity contribution in [2.45, 2.75) is 18.8 Å². The van der Waals surface area contributed by atoms with Gasteiger partial charge < -0.3 is 0 Å². The molecule has 0 bridgehead atoms. The van der Waals surface area contributed by atoms with Crippen LogP contribution in [0.4, 0.5) is 8.78 Å². The molecular weight excluding hydrogens is 158 g/mol. The van der Waals surface area contributed by atoms with Crippen molar-refractivity contribution in [1.82, 2.24) is 0 Å². The first kappa shape index (κ1) is 7.98. The smallest absolute Gasteiger partial charge is 0.249 e. The van der Waals surface area contributed by atoms with E-state index < -0.39 is 5.92 Å². The number of rotatable bonds is 1. The molecule has 1 aliphatic carbocycles. The van der Waals surface area contributed by atoms with Crippen molar-refractivity contribution in [3.05, 3.63) is 0 Å². The molecule has 1 rings (SSSR count). The van der Waals surface area contributed by atoms with Gasteiger partial charge in [-0.05, 0) is 6.26 Å². The third-order valence-corrected chi connectivity index (χ3v) is 2.36. The van der Waals surface area contributed by atoms with E-state index in [9.17, 15) is 13.6 Å². The summed E-state index contributed by atoms with van der Waals surface area (Å²) in [4.78, 5) is 10.7. The normalized spacial score (nSPS) is 23.9. The molecule has 0 aliphatic heterocycles. The molecule has 0 radical (unpaired) electrons. The van der Waals surface area contributed by atoms with Crippen LogP contribution in [0.5, 0.6) is 0 Å². The van der Waals surface area contributed by atoms with Crippen molar-refractivity contribution in [3.8, 4) is 0 Å². The molecule has 1 saturated carbocycles. The summed E-state index contributed by atoms with van der Waals surface area (Å²) in [5.41, 5.74) is 0. The molecule has 0 aromatic carbocycles. The van der Waals surface area contributed by atoms with Gasteiger partial charge >= 0.3 is 0 Å². The molecule has 58 valence electrons. The lowest BCUT2D eigenvalue weighted by molar-refractivity contribution is -0.140. The lowest BCUT2D eigenvalue weighted by Crippen LogP contribution is -2.38. The summed E-state index contributed by atoms with van der Waals surface area (Å²) in [5.74, 6) is -2.94. The van der Waals surface area contributed by atoms with Crippen molar-refractivity contribution in [2.75, 3.05) is 6.26 Å². The largest absolute Gasteiger partial charge is 0.287 e. The van der Waals surface area contributed by atoms with E-state index in [1.54, 1.807) is 6.26 Å². The highest BCUT2D eigenvalue weighted by Gasteiger charge is 2.48. The van der Waals surface area contributed by atoms with Gasteiger partial charge in [-0.1, -0.05) is 11.8 Å². The lowest BCUT2D eigenvalue weighted by atomic mass is 9.82. The molecule has 0 spiro atoms. The molecule has 4 heteroatoms. The number of hydrogen-bond acceptors (Lipinski definition) is 2. The fraction of sp³-hybridized carbons (Fsp3) is 0.833. The van der Waals surface area contributed by atoms with E-state index in [4.69, 9.17) is 0 Å². The van der Waals surface area contributed by atoms with Crippen molar-refractivity contribution in [1.29, 1.82) is 0 Å². The average Bonchev–Trinajstić information content (AvgIpc) is 1.81. The van der Waals surface area contributed by atoms with Crippen LogP contribution in [0, 0.1) is 5.92 Å². The first-order valence-electron chi connectivity index (χ1n) is 3.01. The van der Waals surface area contributed by atoms with E-state index in [-0.39, 0.29) is 23.9 Å². The summed E-state index contributed by atoms with van der Waals surface area (Å²) in [6, 6.07) is 0. The van der Waals surface area contributed by atoms with E-state index in [1.165, 1.54) is 0 Å². The first-order valence-corrected chi connectivity index (χ1v) is 4.23. The Morgan fingerprint density at radius 1 is 1.60 bits per heavy atom. The zero-order chi connectivity index (χ0) is 7.78. The second kappa shape index (κ2) is 2.49. The minimum Gasteiger partial charge on any atom is -0.287 e. The molecule has 0 atom stereocenters. The number of carbonyl (C=O) groups is 1. The van der Waals surface area contributed by atoms with Crippen molar-refractivity contribution in [2.24, 2.45) is 5.92 Å². The molecule has 1 nitrogen and oxygen atoms in total. The highest BCUT2D eigenvalue weighted by Crippen LogP contribution is 2.43. The van der Waals surface area contributed by atoms with Crippen LogP contribution < -0.4 is 0 Å². The van der Waals surface area contributed by atoms with Crippen LogP contribution in [0.1, 0.15) is 12.8 Å². The van der Waals surface area contributed by atoms with Crippen molar-refractivity contribution >= 4 is 16.9 Å². The minimum absolute atomic E-state index is 0.106. The molecule has 0 aromatic rings. The highest BCUT2D eigenvalue weighted by molar-refractivity contribution is 8.13. The standard InChI is InChI=1S/C6H8F2OS/c1-10-5(9)4-2-6(7,8)3-4/h4H,2-3H2,1H3. The lowest BCUT2D eigenvalue weighted by Gasteiger charge is -2.32. The van der Waals surface area contributed by atoms with Gasteiger partial charge in [-0.2, -0.15) is 0 Å². The zero-order valence-corrected chi connectivity index (χ0v) is 6.38. The Labute approximate surface area is 62.2 Å². The summed E-state index contributed by atoms with van der Waals surface area (Å²) in [5, 5.41) is -0.106. The van der Waals surface area contributed by atoms with Gasteiger partial charge in [0.15, 0.2) is 5.12 Å². The third kappa shape index (κ3) is 1.48. The van der Waals surface area contributed by atoms with Crippen LogP contribution >= 0.6 is 11.8 Å². The Kier molecular flexibility index (Phi) is 1.99. The molecule has 0 amide bonds. The summed E-state index contributed by atoms with van der Waals surface area (Å²) in [6.45, 7) is 0. The Morgan fingerprint density at radius 3 is 2.40 bits per heavy atom. The molecule has 0 saturated heterocycles. The minimum atomic E-state index is -2.56. The Bertz CT molecular complexity index is 150. The first-order chi connectivity index (χ1) is 4.55. The molecule has 1 fully saturated rings. The predicted molar refractivity (Wildman–Crippen MR) is 36.2 cm³/mol. The fourth-order valence-corrected chi connectivity index (χ4v) is 1.49. The van der Waals surface area contributed by atoms with Crippen LogP contribution in [-0.2, 0) is 4.79 Å². The summed E-state index contributed by atoms with van der Waals surface area (Å²) < 4.78 is 24.2. The Morgan fingerprint density at radius 2 is 2.10 bits per heavy atom. The molecule has 1 aliphatic rings. The molecule has 0 N–H and O–H groups in total. The number of halogens is 2. The average molecular weight is 166 g/mol. The van der Waals surface area contributed by atoms with Crippen LogP contribution in [0.2, 0.25) is 0 Å². The monoisotopic (exact) mass is 166 g/mol. The topological polar surface area (TPSA) is 17.1 Å². The Balaban J connectivity index is 2.33. The second-order valence-corrected chi connectivity index (χ2v) is 3.29. The van der Waals surface area contributed by atoms with Crippen LogP contribution in [-0.4, -0.2) is 17.3 Å². The van der Waals surface area contributed by atoms with E-state index in [2.05, 4.69) is 0 Å². The quantitative estimate of drug-likeness (QED) is 0.592. The molecule has 0 heterocycles. The van der Waals surface area contributed by atoms with E-state index >= 15 is 0 Å². The number of carbonyl (C=O) groups excluding carboxylic acids is 1. The maximum atomic E-state index is 12.1. The van der Waals surface area contributed by atoms with Gasteiger partial charge in [-0.15, -0.1) is 0 Å². The summed E-state index contributed by atoms with van der Waals surface area (Å²) in [6.07, 6.45) is 1.14. The summed E-state index contributed by atoms with van der Waals surface area (Å²) in [7, 11) is 0. The second-order valence-electron chi connectivity index (χ2n) is 2.48. The van der Waals surface area contributed by atoms with Gasteiger partial charge in [0.05, 0.1) is 0 Å². The summed E-state index contributed by atoms with van der Waals surface area (Å²) >= 11 is 1.04. The van der Waals surface area contributed by atoms with Gasteiger partial charge in [-0.3, -0.25) is 4.79 Å². The maximum absolute atomic E-state index is 12.1. The van der Waals surface area contributed by atoms with Crippen molar-refractivity contribution < 1.29 is 13.6 Å². The fourth-order valence-electron chi connectivity index (χ4n) is 0.995. The van der Waals surface area contributed by atoms with E-state index in [1.807, 2.05) is 0 Å².